The Hall–Kier alpha value is -3.60. The number of halogens is 1. The molecule has 0 unspecified atom stereocenters. The van der Waals surface area contributed by atoms with Crippen LogP contribution in [0.1, 0.15) is 26.3 Å². The number of benzene rings is 3. The molecule has 0 aliphatic carbocycles. The highest BCUT2D eigenvalue weighted by molar-refractivity contribution is 14.1. The van der Waals surface area contributed by atoms with E-state index in [0.717, 1.165) is 9.64 Å². The van der Waals surface area contributed by atoms with E-state index in [1.54, 1.807) is 42.5 Å². The van der Waals surface area contributed by atoms with E-state index in [0.29, 0.717) is 11.1 Å². The van der Waals surface area contributed by atoms with Gasteiger partial charge in [-0.15, -0.1) is 0 Å². The van der Waals surface area contributed by atoms with Crippen LogP contribution in [0.25, 0.3) is 0 Å². The van der Waals surface area contributed by atoms with Gasteiger partial charge < -0.3 is 4.74 Å². The monoisotopic (exact) mass is 515 g/mol. The first-order valence-corrected chi connectivity index (χ1v) is 9.66. The van der Waals surface area contributed by atoms with E-state index < -0.39 is 10.9 Å². The molecule has 9 heteroatoms. The Balaban J connectivity index is 1.59. The van der Waals surface area contributed by atoms with Gasteiger partial charge in [0, 0.05) is 21.3 Å². The molecule has 0 saturated heterocycles. The summed E-state index contributed by atoms with van der Waals surface area (Å²) in [5, 5.41) is 14.7. The van der Waals surface area contributed by atoms with Gasteiger partial charge in [0.15, 0.2) is 0 Å². The van der Waals surface area contributed by atoms with Crippen LogP contribution in [0.3, 0.4) is 0 Å². The average molecular weight is 515 g/mol. The lowest BCUT2D eigenvalue weighted by molar-refractivity contribution is -0.384. The molecule has 0 bridgehead atoms. The second-order valence-electron chi connectivity index (χ2n) is 5.98. The van der Waals surface area contributed by atoms with Crippen LogP contribution in [-0.2, 0) is 0 Å². The second kappa shape index (κ2) is 9.74. The van der Waals surface area contributed by atoms with Crippen LogP contribution >= 0.6 is 22.6 Å². The molecule has 0 aliphatic rings. The Bertz CT molecular complexity index is 1130. The maximum Gasteiger partial charge on any atom is 0.343 e. The Morgan fingerprint density at radius 1 is 1.00 bits per heavy atom. The summed E-state index contributed by atoms with van der Waals surface area (Å²) in [5.74, 6) is -0.760. The van der Waals surface area contributed by atoms with Gasteiger partial charge in [0.2, 0.25) is 0 Å². The fourth-order valence-electron chi connectivity index (χ4n) is 2.39. The van der Waals surface area contributed by atoms with Gasteiger partial charge in [-0.05, 0) is 76.7 Å². The van der Waals surface area contributed by atoms with Gasteiger partial charge in [0.1, 0.15) is 5.75 Å². The molecule has 8 nitrogen and oxygen atoms in total. The number of rotatable bonds is 6. The first kappa shape index (κ1) is 21.1. The quantitative estimate of drug-likeness (QED) is 0.132. The minimum atomic E-state index is -0.704. The summed E-state index contributed by atoms with van der Waals surface area (Å²) in [6.45, 7) is 0. The van der Waals surface area contributed by atoms with E-state index in [4.69, 9.17) is 4.74 Å². The van der Waals surface area contributed by atoms with Gasteiger partial charge in [0.05, 0.1) is 16.7 Å². The van der Waals surface area contributed by atoms with Gasteiger partial charge in [-0.1, -0.05) is 12.1 Å². The smallest absolute Gasteiger partial charge is 0.343 e. The summed E-state index contributed by atoms with van der Waals surface area (Å²) in [4.78, 5) is 34.4. The lowest BCUT2D eigenvalue weighted by Gasteiger charge is -2.04. The number of esters is 1. The standard InChI is InChI=1S/C21H14IN3O5/c22-17-5-1-3-15(11-17)20(26)24-23-13-14-7-9-19(10-8-14)30-21(27)16-4-2-6-18(12-16)25(28)29/h1-13H,(H,24,26)/b23-13-. The molecule has 0 atom stereocenters. The highest BCUT2D eigenvalue weighted by Crippen LogP contribution is 2.17. The Kier molecular flexibility index (Phi) is 6.86. The Morgan fingerprint density at radius 3 is 2.40 bits per heavy atom. The van der Waals surface area contributed by atoms with Crippen LogP contribution in [0.4, 0.5) is 5.69 Å². The van der Waals surface area contributed by atoms with Crippen molar-refractivity contribution in [2.75, 3.05) is 0 Å². The molecular formula is C21H14IN3O5. The van der Waals surface area contributed by atoms with Crippen molar-refractivity contribution in [2.45, 2.75) is 0 Å². The largest absolute Gasteiger partial charge is 0.423 e. The zero-order valence-electron chi connectivity index (χ0n) is 15.3. The molecule has 0 heterocycles. The number of hydrazone groups is 1. The third kappa shape index (κ3) is 5.70. The predicted octanol–water partition coefficient (Wildman–Crippen LogP) is 4.18. The highest BCUT2D eigenvalue weighted by atomic mass is 127. The fraction of sp³-hybridized carbons (Fsp3) is 0. The van der Waals surface area contributed by atoms with Gasteiger partial charge in [-0.25, -0.2) is 10.2 Å². The molecule has 1 amide bonds. The lowest BCUT2D eigenvalue weighted by atomic mass is 10.2. The normalized spacial score (nSPS) is 10.6. The van der Waals surface area contributed by atoms with Crippen molar-refractivity contribution in [1.82, 2.24) is 5.43 Å². The van der Waals surface area contributed by atoms with Gasteiger partial charge in [0.25, 0.3) is 11.6 Å². The van der Waals surface area contributed by atoms with E-state index >= 15 is 0 Å². The number of hydrogen-bond donors (Lipinski definition) is 1. The van der Waals surface area contributed by atoms with E-state index in [1.807, 2.05) is 6.07 Å². The summed E-state index contributed by atoms with van der Waals surface area (Å²) in [6, 6.07) is 18.8. The number of nitro groups is 1. The molecule has 0 fully saturated rings. The zero-order valence-corrected chi connectivity index (χ0v) is 17.5. The number of carbonyl (C=O) groups excluding carboxylic acids is 2. The number of amides is 1. The number of non-ortho nitro benzene ring substituents is 1. The van der Waals surface area contributed by atoms with Crippen molar-refractivity contribution >= 4 is 46.4 Å². The van der Waals surface area contributed by atoms with Crippen LogP contribution in [0.5, 0.6) is 5.75 Å². The molecule has 0 saturated carbocycles. The van der Waals surface area contributed by atoms with E-state index in [2.05, 4.69) is 33.1 Å². The second-order valence-corrected chi connectivity index (χ2v) is 7.22. The van der Waals surface area contributed by atoms with Crippen molar-refractivity contribution in [3.8, 4) is 5.75 Å². The molecule has 0 aliphatic heterocycles. The lowest BCUT2D eigenvalue weighted by Crippen LogP contribution is -2.17. The summed E-state index contributed by atoms with van der Waals surface area (Å²) in [7, 11) is 0. The number of nitrogens with zero attached hydrogens (tertiary/aromatic N) is 2. The van der Waals surface area contributed by atoms with Crippen LogP contribution in [0, 0.1) is 13.7 Å². The van der Waals surface area contributed by atoms with Crippen molar-refractivity contribution in [2.24, 2.45) is 5.10 Å². The number of nitrogens with one attached hydrogen (secondary N) is 1. The molecule has 0 radical (unpaired) electrons. The van der Waals surface area contributed by atoms with Crippen molar-refractivity contribution in [3.63, 3.8) is 0 Å². The average Bonchev–Trinajstić information content (AvgIpc) is 2.75. The summed E-state index contributed by atoms with van der Waals surface area (Å²) >= 11 is 2.12. The summed E-state index contributed by atoms with van der Waals surface area (Å²) < 4.78 is 6.17. The van der Waals surface area contributed by atoms with Crippen LogP contribution < -0.4 is 10.2 Å². The Morgan fingerprint density at radius 2 is 1.70 bits per heavy atom. The number of nitro benzene ring substituents is 1. The molecule has 0 spiro atoms. The summed E-state index contributed by atoms with van der Waals surface area (Å²) in [5.41, 5.74) is 3.51. The van der Waals surface area contributed by atoms with E-state index in [1.165, 1.54) is 24.4 Å². The Labute approximate surface area is 184 Å². The van der Waals surface area contributed by atoms with E-state index in [-0.39, 0.29) is 22.9 Å². The third-order valence-corrected chi connectivity index (χ3v) is 4.52. The molecule has 0 aromatic heterocycles. The van der Waals surface area contributed by atoms with Crippen molar-refractivity contribution < 1.29 is 19.2 Å². The molecule has 3 rings (SSSR count). The zero-order chi connectivity index (χ0) is 21.5. The van der Waals surface area contributed by atoms with Crippen LogP contribution in [0.15, 0.2) is 77.9 Å². The predicted molar refractivity (Wildman–Crippen MR) is 119 cm³/mol. The maximum absolute atomic E-state index is 12.2. The molecule has 3 aromatic carbocycles. The summed E-state index contributed by atoms with van der Waals surface area (Å²) in [6.07, 6.45) is 1.46. The molecule has 3 aromatic rings. The first-order valence-electron chi connectivity index (χ1n) is 8.58. The van der Waals surface area contributed by atoms with E-state index in [9.17, 15) is 19.7 Å². The van der Waals surface area contributed by atoms with Gasteiger partial charge in [-0.2, -0.15) is 5.10 Å². The first-order chi connectivity index (χ1) is 14.4. The third-order valence-electron chi connectivity index (χ3n) is 3.85. The van der Waals surface area contributed by atoms with Crippen molar-refractivity contribution in [1.29, 1.82) is 0 Å². The highest BCUT2D eigenvalue weighted by Gasteiger charge is 2.13. The van der Waals surface area contributed by atoms with Gasteiger partial charge >= 0.3 is 5.97 Å². The molecule has 150 valence electrons. The number of ether oxygens (including phenoxy) is 1. The molecular weight excluding hydrogens is 501 g/mol. The SMILES string of the molecule is O=C(N/N=C\c1ccc(OC(=O)c2cccc([N+](=O)[O-])c2)cc1)c1cccc(I)c1. The number of carbonyl (C=O) groups is 2. The molecule has 30 heavy (non-hydrogen) atoms. The minimum absolute atomic E-state index is 0.0770. The minimum Gasteiger partial charge on any atom is -0.423 e. The fourth-order valence-corrected chi connectivity index (χ4v) is 2.94. The van der Waals surface area contributed by atoms with Gasteiger partial charge in [-0.3, -0.25) is 14.9 Å². The topological polar surface area (TPSA) is 111 Å². The molecule has 1 N–H and O–H groups in total. The van der Waals surface area contributed by atoms with Crippen LogP contribution in [0.2, 0.25) is 0 Å². The van der Waals surface area contributed by atoms with Crippen LogP contribution in [-0.4, -0.2) is 23.0 Å². The van der Waals surface area contributed by atoms with Crippen molar-refractivity contribution in [3.05, 3.63) is 103 Å². The number of hydrogen-bond acceptors (Lipinski definition) is 6. The maximum atomic E-state index is 12.2.